The third kappa shape index (κ3) is 4.53. The average molecular weight is 169 g/mol. The van der Waals surface area contributed by atoms with Crippen molar-refractivity contribution in [3.63, 3.8) is 0 Å². The van der Waals surface area contributed by atoms with Gasteiger partial charge in [-0.15, -0.1) is 0 Å². The fourth-order valence-corrected chi connectivity index (χ4v) is 1.58. The van der Waals surface area contributed by atoms with Crippen molar-refractivity contribution in [2.45, 2.75) is 64.8 Å². The second kappa shape index (κ2) is 6.22. The lowest BCUT2D eigenvalue weighted by molar-refractivity contribution is 0.385. The van der Waals surface area contributed by atoms with Gasteiger partial charge in [-0.25, -0.2) is 0 Å². The zero-order valence-electron chi connectivity index (χ0n) is 8.90. The van der Waals surface area contributed by atoms with Gasteiger partial charge in [0.15, 0.2) is 0 Å². The molecule has 1 unspecified atom stereocenters. The standard InChI is InChI=1S/C11H23N/c1-5-7-8-10-11(3,12-4)9-6-2/h4-10H2,1-3H3. The molecule has 0 heterocycles. The Kier molecular flexibility index (Phi) is 6.04. The molecule has 0 aliphatic rings. The summed E-state index contributed by atoms with van der Waals surface area (Å²) in [4.78, 5) is 4.23. The SMILES string of the molecule is C=NC(C)(CCC)CCCCC. The van der Waals surface area contributed by atoms with E-state index in [9.17, 15) is 0 Å². The third-order valence-corrected chi connectivity index (χ3v) is 2.49. The average Bonchev–Trinajstić information content (AvgIpc) is 2.06. The van der Waals surface area contributed by atoms with Crippen LogP contribution in [-0.2, 0) is 0 Å². The predicted molar refractivity (Wildman–Crippen MR) is 57.0 cm³/mol. The molecule has 12 heavy (non-hydrogen) atoms. The van der Waals surface area contributed by atoms with Crippen molar-refractivity contribution < 1.29 is 0 Å². The molecule has 0 amide bonds. The Balaban J connectivity index is 3.71. The van der Waals surface area contributed by atoms with E-state index >= 15 is 0 Å². The quantitative estimate of drug-likeness (QED) is 0.406. The molecule has 0 fully saturated rings. The van der Waals surface area contributed by atoms with Crippen molar-refractivity contribution >= 4 is 6.72 Å². The highest BCUT2D eigenvalue weighted by molar-refractivity contribution is 5.25. The van der Waals surface area contributed by atoms with E-state index in [0.717, 1.165) is 0 Å². The number of hydrogen-bond donors (Lipinski definition) is 0. The van der Waals surface area contributed by atoms with Gasteiger partial charge in [0.2, 0.25) is 0 Å². The lowest BCUT2D eigenvalue weighted by Crippen LogP contribution is -2.20. The first-order chi connectivity index (χ1) is 5.68. The molecule has 0 rings (SSSR count). The van der Waals surface area contributed by atoms with E-state index < -0.39 is 0 Å². The Hall–Kier alpha value is -0.330. The fraction of sp³-hybridized carbons (Fsp3) is 0.909. The lowest BCUT2D eigenvalue weighted by Gasteiger charge is -2.23. The molecule has 0 radical (unpaired) electrons. The highest BCUT2D eigenvalue weighted by Gasteiger charge is 2.19. The van der Waals surface area contributed by atoms with Gasteiger partial charge < -0.3 is 0 Å². The predicted octanol–water partition coefficient (Wildman–Crippen LogP) is 3.83. The molecular formula is C11H23N. The molecule has 0 saturated carbocycles. The molecule has 0 spiro atoms. The van der Waals surface area contributed by atoms with E-state index in [-0.39, 0.29) is 5.54 Å². The maximum atomic E-state index is 4.23. The van der Waals surface area contributed by atoms with Gasteiger partial charge in [-0.3, -0.25) is 4.99 Å². The zero-order valence-corrected chi connectivity index (χ0v) is 8.90. The molecule has 0 saturated heterocycles. The molecule has 1 nitrogen and oxygen atoms in total. The van der Waals surface area contributed by atoms with Gasteiger partial charge in [-0.1, -0.05) is 39.5 Å². The molecule has 0 aromatic heterocycles. The maximum absolute atomic E-state index is 4.23. The molecule has 0 aromatic carbocycles. The topological polar surface area (TPSA) is 12.4 Å². The first-order valence-electron chi connectivity index (χ1n) is 5.16. The van der Waals surface area contributed by atoms with E-state index in [1.165, 1.54) is 38.5 Å². The summed E-state index contributed by atoms with van der Waals surface area (Å²) in [5.41, 5.74) is 0.157. The van der Waals surface area contributed by atoms with Gasteiger partial charge in [-0.05, 0) is 26.5 Å². The maximum Gasteiger partial charge on any atom is 0.0572 e. The van der Waals surface area contributed by atoms with Crippen LogP contribution in [-0.4, -0.2) is 12.3 Å². The Morgan fingerprint density at radius 2 is 1.75 bits per heavy atom. The second-order valence-corrected chi connectivity index (χ2v) is 3.86. The molecule has 0 N–H and O–H groups in total. The van der Waals surface area contributed by atoms with Gasteiger partial charge in [-0.2, -0.15) is 0 Å². The Morgan fingerprint density at radius 3 is 2.17 bits per heavy atom. The fourth-order valence-electron chi connectivity index (χ4n) is 1.58. The van der Waals surface area contributed by atoms with Crippen LogP contribution in [0.5, 0.6) is 0 Å². The Morgan fingerprint density at radius 1 is 1.08 bits per heavy atom. The van der Waals surface area contributed by atoms with Gasteiger partial charge in [0.05, 0.1) is 5.54 Å². The van der Waals surface area contributed by atoms with Crippen molar-refractivity contribution in [1.82, 2.24) is 0 Å². The highest BCUT2D eigenvalue weighted by Crippen LogP contribution is 2.24. The summed E-state index contributed by atoms with van der Waals surface area (Å²) in [6, 6.07) is 0. The Labute approximate surface area is 77.3 Å². The van der Waals surface area contributed by atoms with Crippen LogP contribution in [0, 0.1) is 0 Å². The molecule has 0 bridgehead atoms. The molecule has 1 heteroatoms. The van der Waals surface area contributed by atoms with Crippen molar-refractivity contribution in [2.75, 3.05) is 0 Å². The summed E-state index contributed by atoms with van der Waals surface area (Å²) < 4.78 is 0. The molecule has 1 atom stereocenters. The monoisotopic (exact) mass is 169 g/mol. The van der Waals surface area contributed by atoms with E-state index in [1.54, 1.807) is 0 Å². The van der Waals surface area contributed by atoms with Gasteiger partial charge in [0.1, 0.15) is 0 Å². The van der Waals surface area contributed by atoms with Crippen LogP contribution in [0.3, 0.4) is 0 Å². The van der Waals surface area contributed by atoms with E-state index in [2.05, 4.69) is 32.5 Å². The minimum Gasteiger partial charge on any atom is -0.295 e. The van der Waals surface area contributed by atoms with Crippen molar-refractivity contribution in [3.8, 4) is 0 Å². The largest absolute Gasteiger partial charge is 0.295 e. The van der Waals surface area contributed by atoms with Crippen LogP contribution in [0.15, 0.2) is 4.99 Å². The van der Waals surface area contributed by atoms with Gasteiger partial charge in [0, 0.05) is 0 Å². The summed E-state index contributed by atoms with van der Waals surface area (Å²) >= 11 is 0. The van der Waals surface area contributed by atoms with Crippen LogP contribution in [0.1, 0.15) is 59.3 Å². The first kappa shape index (κ1) is 11.7. The molecule has 0 aromatic rings. The normalized spacial score (nSPS) is 15.6. The zero-order chi connectivity index (χ0) is 9.45. The van der Waals surface area contributed by atoms with Crippen LogP contribution in [0.2, 0.25) is 0 Å². The highest BCUT2D eigenvalue weighted by atomic mass is 14.8. The minimum absolute atomic E-state index is 0.157. The first-order valence-corrected chi connectivity index (χ1v) is 5.16. The summed E-state index contributed by atoms with van der Waals surface area (Å²) in [6.45, 7) is 10.3. The van der Waals surface area contributed by atoms with E-state index in [1.807, 2.05) is 0 Å². The third-order valence-electron chi connectivity index (χ3n) is 2.49. The molecule has 0 aliphatic heterocycles. The van der Waals surface area contributed by atoms with Crippen LogP contribution in [0.4, 0.5) is 0 Å². The van der Waals surface area contributed by atoms with E-state index in [4.69, 9.17) is 0 Å². The second-order valence-electron chi connectivity index (χ2n) is 3.86. The summed E-state index contributed by atoms with van der Waals surface area (Å²) in [7, 11) is 0. The van der Waals surface area contributed by atoms with Gasteiger partial charge in [0.25, 0.3) is 0 Å². The number of rotatable bonds is 7. The molecule has 0 aliphatic carbocycles. The molecule has 72 valence electrons. The number of aliphatic imine (C=N–C) groups is 1. The van der Waals surface area contributed by atoms with Crippen molar-refractivity contribution in [1.29, 1.82) is 0 Å². The van der Waals surface area contributed by atoms with Crippen LogP contribution in [0.25, 0.3) is 0 Å². The molecular weight excluding hydrogens is 146 g/mol. The Bertz CT molecular complexity index is 120. The van der Waals surface area contributed by atoms with Crippen LogP contribution < -0.4 is 0 Å². The minimum atomic E-state index is 0.157. The van der Waals surface area contributed by atoms with Crippen molar-refractivity contribution in [2.24, 2.45) is 4.99 Å². The summed E-state index contributed by atoms with van der Waals surface area (Å²) in [5.74, 6) is 0. The smallest absolute Gasteiger partial charge is 0.0572 e. The summed E-state index contributed by atoms with van der Waals surface area (Å²) in [6.07, 6.45) is 7.51. The van der Waals surface area contributed by atoms with Gasteiger partial charge >= 0.3 is 0 Å². The lowest BCUT2D eigenvalue weighted by atomic mass is 9.90. The van der Waals surface area contributed by atoms with Crippen molar-refractivity contribution in [3.05, 3.63) is 0 Å². The number of nitrogens with zero attached hydrogens (tertiary/aromatic N) is 1. The number of unbranched alkanes of at least 4 members (excludes halogenated alkanes) is 2. The van der Waals surface area contributed by atoms with E-state index in [0.29, 0.717) is 0 Å². The summed E-state index contributed by atoms with van der Waals surface area (Å²) in [5, 5.41) is 0. The number of hydrogen-bond acceptors (Lipinski definition) is 1. The van der Waals surface area contributed by atoms with Crippen LogP contribution >= 0.6 is 0 Å².